The number of hydrogen-bond donors (Lipinski definition) is 0. The van der Waals surface area contributed by atoms with Crippen molar-refractivity contribution in [3.8, 4) is 0 Å². The van der Waals surface area contributed by atoms with E-state index in [1.807, 2.05) is 12.3 Å². The van der Waals surface area contributed by atoms with Crippen LogP contribution in [0.5, 0.6) is 0 Å². The quantitative estimate of drug-likeness (QED) is 0.726. The van der Waals surface area contributed by atoms with Gasteiger partial charge >= 0.3 is 7.12 Å². The first kappa shape index (κ1) is 19.6. The molecule has 5 rings (SSSR count). The third kappa shape index (κ3) is 2.82. The lowest BCUT2D eigenvalue weighted by molar-refractivity contribution is -0.138. The second kappa shape index (κ2) is 6.30. The van der Waals surface area contributed by atoms with Gasteiger partial charge in [-0.3, -0.25) is 9.78 Å². The summed E-state index contributed by atoms with van der Waals surface area (Å²) in [5.74, 6) is 0.805. The average Bonchev–Trinajstić information content (AvgIpc) is 3.13. The molecule has 2 saturated heterocycles. The maximum Gasteiger partial charge on any atom is 0.464 e. The van der Waals surface area contributed by atoms with Gasteiger partial charge in [0.25, 0.3) is 0 Å². The summed E-state index contributed by atoms with van der Waals surface area (Å²) in [6, 6.07) is 4.05. The number of likely N-dealkylation sites (tertiary alicyclic amines) is 1. The number of carbonyl (C=O) groups excluding carboxylic acids is 1. The summed E-state index contributed by atoms with van der Waals surface area (Å²) >= 11 is 0. The maximum absolute atomic E-state index is 13.8. The number of rotatable bonds is 3. The fourth-order valence-corrected chi connectivity index (χ4v) is 5.87. The monoisotopic (exact) mass is 396 g/mol. The van der Waals surface area contributed by atoms with E-state index < -0.39 is 0 Å². The number of nitrogens with zero attached hydrogens (tertiary/aromatic N) is 2. The van der Waals surface area contributed by atoms with Crippen molar-refractivity contribution in [2.24, 2.45) is 5.92 Å². The zero-order chi connectivity index (χ0) is 20.5. The molecule has 1 aromatic heterocycles. The van der Waals surface area contributed by atoms with E-state index in [2.05, 4.69) is 43.6 Å². The fraction of sp³-hybridized carbons (Fsp3) is 0.739. The van der Waals surface area contributed by atoms with Crippen LogP contribution in [0.3, 0.4) is 0 Å². The summed E-state index contributed by atoms with van der Waals surface area (Å²) in [6.45, 7) is 10.1. The van der Waals surface area contributed by atoms with Gasteiger partial charge in [0, 0.05) is 30.8 Å². The van der Waals surface area contributed by atoms with Crippen molar-refractivity contribution < 1.29 is 14.1 Å². The molecule has 29 heavy (non-hydrogen) atoms. The Hall–Kier alpha value is -1.40. The second-order valence-corrected chi connectivity index (χ2v) is 10.8. The molecule has 2 aliphatic carbocycles. The summed E-state index contributed by atoms with van der Waals surface area (Å²) < 4.78 is 12.8. The number of carbonyl (C=O) groups is 1. The van der Waals surface area contributed by atoms with Gasteiger partial charge in [0.1, 0.15) is 0 Å². The molecule has 2 atom stereocenters. The van der Waals surface area contributed by atoms with Gasteiger partial charge in [-0.25, -0.2) is 0 Å². The Kier molecular flexibility index (Phi) is 4.25. The summed E-state index contributed by atoms with van der Waals surface area (Å²) in [5, 5.41) is 0.0962. The van der Waals surface area contributed by atoms with Crippen LogP contribution < -0.4 is 0 Å². The zero-order valence-electron chi connectivity index (χ0n) is 18.2. The van der Waals surface area contributed by atoms with E-state index in [0.29, 0.717) is 11.8 Å². The Morgan fingerprint density at radius 1 is 1.14 bits per heavy atom. The highest BCUT2D eigenvalue weighted by Crippen LogP contribution is 2.69. The Balaban J connectivity index is 1.32. The molecule has 2 aliphatic heterocycles. The molecule has 5 nitrogen and oxygen atoms in total. The van der Waals surface area contributed by atoms with Crippen LogP contribution in [0, 0.1) is 5.92 Å². The minimum Gasteiger partial charge on any atom is -0.403 e. The smallest absolute Gasteiger partial charge is 0.403 e. The molecule has 0 N–H and O–H groups in total. The molecular formula is C23H33BN2O3. The lowest BCUT2D eigenvalue weighted by Gasteiger charge is -2.38. The molecule has 2 unspecified atom stereocenters. The van der Waals surface area contributed by atoms with Gasteiger partial charge in [-0.1, -0.05) is 18.9 Å². The molecule has 4 fully saturated rings. The van der Waals surface area contributed by atoms with Crippen LogP contribution in [-0.4, -0.2) is 47.2 Å². The molecular weight excluding hydrogens is 363 g/mol. The van der Waals surface area contributed by atoms with E-state index in [0.717, 1.165) is 57.2 Å². The maximum atomic E-state index is 13.8. The van der Waals surface area contributed by atoms with E-state index in [-0.39, 0.29) is 29.0 Å². The Bertz CT molecular complexity index is 790. The van der Waals surface area contributed by atoms with Crippen molar-refractivity contribution in [2.45, 2.75) is 88.2 Å². The normalized spacial score (nSPS) is 34.1. The molecule has 0 bridgehead atoms. The van der Waals surface area contributed by atoms with Crippen LogP contribution in [0.15, 0.2) is 24.5 Å². The largest absolute Gasteiger partial charge is 0.464 e. The van der Waals surface area contributed by atoms with Crippen molar-refractivity contribution in [1.29, 1.82) is 0 Å². The third-order valence-corrected chi connectivity index (χ3v) is 8.66. The minimum atomic E-state index is -0.368. The van der Waals surface area contributed by atoms with Gasteiger partial charge in [-0.15, -0.1) is 0 Å². The Morgan fingerprint density at radius 3 is 2.41 bits per heavy atom. The molecule has 3 heterocycles. The molecule has 1 aromatic rings. The molecule has 0 radical (unpaired) electrons. The Morgan fingerprint density at radius 2 is 1.83 bits per heavy atom. The van der Waals surface area contributed by atoms with Crippen LogP contribution in [0.25, 0.3) is 0 Å². The van der Waals surface area contributed by atoms with Crippen molar-refractivity contribution in [3.05, 3.63) is 30.1 Å². The highest BCUT2D eigenvalue weighted by Gasteiger charge is 2.70. The summed E-state index contributed by atoms with van der Waals surface area (Å²) in [5.41, 5.74) is 0.149. The van der Waals surface area contributed by atoms with E-state index in [1.54, 1.807) is 6.20 Å². The van der Waals surface area contributed by atoms with E-state index in [1.165, 1.54) is 0 Å². The predicted molar refractivity (Wildman–Crippen MR) is 112 cm³/mol. The topological polar surface area (TPSA) is 51.7 Å². The van der Waals surface area contributed by atoms with Crippen LogP contribution in [0.1, 0.15) is 71.8 Å². The summed E-state index contributed by atoms with van der Waals surface area (Å²) in [6.07, 6.45) is 9.91. The number of fused-ring (bicyclic) bond motifs is 1. The predicted octanol–water partition coefficient (Wildman–Crippen LogP) is 3.98. The fourth-order valence-electron chi connectivity index (χ4n) is 5.87. The first-order valence-corrected chi connectivity index (χ1v) is 11.3. The summed E-state index contributed by atoms with van der Waals surface area (Å²) in [4.78, 5) is 20.2. The number of pyridine rings is 1. The lowest BCUT2D eigenvalue weighted by atomic mass is 9.63. The molecule has 6 heteroatoms. The SMILES string of the molecule is CC1(C)OB(C23CCN(C(=O)C4(c5cccnc5)CCCC4)CC2C3)OC1(C)C. The van der Waals surface area contributed by atoms with Crippen molar-refractivity contribution >= 4 is 13.0 Å². The Labute approximate surface area is 174 Å². The van der Waals surface area contributed by atoms with Gasteiger partial charge in [0.05, 0.1) is 16.6 Å². The lowest BCUT2D eigenvalue weighted by Crippen LogP contribution is -2.49. The van der Waals surface area contributed by atoms with Crippen LogP contribution in [0.4, 0.5) is 0 Å². The van der Waals surface area contributed by atoms with Crippen LogP contribution in [-0.2, 0) is 19.5 Å². The zero-order valence-corrected chi connectivity index (χ0v) is 18.2. The number of hydrogen-bond acceptors (Lipinski definition) is 4. The van der Waals surface area contributed by atoms with Gasteiger partial charge in [0.15, 0.2) is 0 Å². The summed E-state index contributed by atoms with van der Waals surface area (Å²) in [7, 11) is -0.145. The van der Waals surface area contributed by atoms with Gasteiger partial charge in [-0.05, 0) is 70.9 Å². The van der Waals surface area contributed by atoms with Gasteiger partial charge < -0.3 is 14.2 Å². The van der Waals surface area contributed by atoms with Crippen molar-refractivity contribution in [1.82, 2.24) is 9.88 Å². The van der Waals surface area contributed by atoms with E-state index in [4.69, 9.17) is 9.31 Å². The first-order valence-electron chi connectivity index (χ1n) is 11.3. The molecule has 156 valence electrons. The standard InChI is InChI=1S/C23H33BN2O3/c1-20(2)21(3,4)29-24(28-20)23-11-13-26(16-18(23)14-23)19(27)22(9-5-6-10-22)17-8-7-12-25-15-17/h7-8,12,15,18H,5-6,9-11,13-14,16H2,1-4H3. The molecule has 2 saturated carbocycles. The van der Waals surface area contributed by atoms with E-state index in [9.17, 15) is 4.79 Å². The van der Waals surface area contributed by atoms with E-state index >= 15 is 0 Å². The van der Waals surface area contributed by atoms with Crippen molar-refractivity contribution in [3.63, 3.8) is 0 Å². The highest BCUT2D eigenvalue weighted by atomic mass is 16.7. The third-order valence-electron chi connectivity index (χ3n) is 8.66. The molecule has 1 amide bonds. The number of amides is 1. The van der Waals surface area contributed by atoms with Crippen LogP contribution >= 0.6 is 0 Å². The van der Waals surface area contributed by atoms with Gasteiger partial charge in [-0.2, -0.15) is 0 Å². The molecule has 0 spiro atoms. The average molecular weight is 396 g/mol. The number of piperidine rings is 1. The number of aromatic nitrogens is 1. The van der Waals surface area contributed by atoms with Gasteiger partial charge in [0.2, 0.25) is 5.91 Å². The first-order chi connectivity index (χ1) is 13.7. The second-order valence-electron chi connectivity index (χ2n) is 10.8. The molecule has 4 aliphatic rings. The highest BCUT2D eigenvalue weighted by molar-refractivity contribution is 6.51. The minimum absolute atomic E-state index is 0.0962. The van der Waals surface area contributed by atoms with Crippen molar-refractivity contribution in [2.75, 3.05) is 13.1 Å². The molecule has 0 aromatic carbocycles. The van der Waals surface area contributed by atoms with Crippen LogP contribution in [0.2, 0.25) is 5.31 Å².